The summed E-state index contributed by atoms with van der Waals surface area (Å²) >= 11 is 7.80. The van der Waals surface area contributed by atoms with Crippen molar-refractivity contribution >= 4 is 34.8 Å². The Balaban J connectivity index is 1.43. The number of fused-ring (bicyclic) bond motifs is 1. The predicted molar refractivity (Wildman–Crippen MR) is 110 cm³/mol. The van der Waals surface area contributed by atoms with Crippen LogP contribution >= 0.6 is 22.9 Å². The Labute approximate surface area is 173 Å². The van der Waals surface area contributed by atoms with Crippen LogP contribution in [0.2, 0.25) is 5.02 Å². The number of benzene rings is 1. The summed E-state index contributed by atoms with van der Waals surface area (Å²) < 4.78 is 5.76. The van der Waals surface area contributed by atoms with Crippen LogP contribution in [0.5, 0.6) is 5.75 Å². The molecule has 3 heterocycles. The van der Waals surface area contributed by atoms with Crippen molar-refractivity contribution in [2.24, 2.45) is 0 Å². The zero-order chi connectivity index (χ0) is 19.6. The van der Waals surface area contributed by atoms with Gasteiger partial charge in [0.2, 0.25) is 11.8 Å². The standard InChI is InChI=1S/C21H23ClN2O3S/c22-16-3-4-18-15(12-16)14-24(9-10-27-18)20(26)6-8-21(7-5-19(25)23-21)13-17-2-1-11-28-17/h1-4,11-12H,5-10,13-14H2,(H,23,25). The van der Waals surface area contributed by atoms with Gasteiger partial charge >= 0.3 is 0 Å². The zero-order valence-electron chi connectivity index (χ0n) is 15.6. The van der Waals surface area contributed by atoms with Gasteiger partial charge in [0, 0.05) is 46.8 Å². The molecule has 2 aliphatic rings. The van der Waals surface area contributed by atoms with Crippen molar-refractivity contribution in [1.29, 1.82) is 0 Å². The molecule has 2 amide bonds. The summed E-state index contributed by atoms with van der Waals surface area (Å²) in [5.41, 5.74) is 0.613. The van der Waals surface area contributed by atoms with E-state index in [-0.39, 0.29) is 17.4 Å². The van der Waals surface area contributed by atoms with Crippen molar-refractivity contribution in [3.63, 3.8) is 0 Å². The molecule has 1 aromatic carbocycles. The molecule has 5 nitrogen and oxygen atoms in total. The number of nitrogens with zero attached hydrogens (tertiary/aromatic N) is 1. The monoisotopic (exact) mass is 418 g/mol. The highest BCUT2D eigenvalue weighted by atomic mass is 35.5. The lowest BCUT2D eigenvalue weighted by atomic mass is 9.87. The van der Waals surface area contributed by atoms with E-state index in [9.17, 15) is 9.59 Å². The van der Waals surface area contributed by atoms with E-state index in [0.717, 1.165) is 24.2 Å². The van der Waals surface area contributed by atoms with Gasteiger partial charge in [0.05, 0.1) is 6.54 Å². The number of ether oxygens (including phenoxy) is 1. The lowest BCUT2D eigenvalue weighted by Gasteiger charge is -2.30. The third kappa shape index (κ3) is 4.33. The molecule has 1 saturated heterocycles. The van der Waals surface area contributed by atoms with Gasteiger partial charge in [-0.1, -0.05) is 17.7 Å². The first-order valence-electron chi connectivity index (χ1n) is 9.55. The van der Waals surface area contributed by atoms with Crippen LogP contribution in [0.25, 0.3) is 0 Å². The minimum Gasteiger partial charge on any atom is -0.491 e. The summed E-state index contributed by atoms with van der Waals surface area (Å²) in [5.74, 6) is 0.954. The van der Waals surface area contributed by atoms with Crippen LogP contribution in [0, 0.1) is 0 Å². The van der Waals surface area contributed by atoms with E-state index >= 15 is 0 Å². The maximum atomic E-state index is 13.0. The second kappa shape index (κ2) is 8.13. The molecule has 0 aliphatic carbocycles. The first-order chi connectivity index (χ1) is 13.5. The molecule has 1 atom stereocenters. The fourth-order valence-corrected chi connectivity index (χ4v) is 5.05. The minimum atomic E-state index is -0.318. The molecule has 0 saturated carbocycles. The fraction of sp³-hybridized carbons (Fsp3) is 0.429. The van der Waals surface area contributed by atoms with Crippen molar-refractivity contribution in [3.05, 3.63) is 51.2 Å². The molecular formula is C21H23ClN2O3S. The van der Waals surface area contributed by atoms with Crippen molar-refractivity contribution in [1.82, 2.24) is 10.2 Å². The first kappa shape index (κ1) is 19.3. The minimum absolute atomic E-state index is 0.0794. The van der Waals surface area contributed by atoms with Crippen LogP contribution in [-0.2, 0) is 22.6 Å². The first-order valence-corrected chi connectivity index (χ1v) is 10.8. The molecule has 0 bridgehead atoms. The Kier molecular flexibility index (Phi) is 5.60. The number of carbonyl (C=O) groups is 2. The van der Waals surface area contributed by atoms with E-state index in [1.54, 1.807) is 17.4 Å². The quantitative estimate of drug-likeness (QED) is 0.803. The average molecular weight is 419 g/mol. The second-order valence-electron chi connectivity index (χ2n) is 7.50. The van der Waals surface area contributed by atoms with Crippen molar-refractivity contribution in [2.75, 3.05) is 13.2 Å². The van der Waals surface area contributed by atoms with Gasteiger partial charge in [0.15, 0.2) is 0 Å². The Bertz CT molecular complexity index is 871. The molecule has 1 unspecified atom stereocenters. The van der Waals surface area contributed by atoms with Crippen LogP contribution in [-0.4, -0.2) is 35.4 Å². The normalized spacial score (nSPS) is 21.6. The third-order valence-electron chi connectivity index (χ3n) is 5.50. The lowest BCUT2D eigenvalue weighted by molar-refractivity contribution is -0.132. The number of rotatable bonds is 5. The van der Waals surface area contributed by atoms with Crippen LogP contribution in [0.4, 0.5) is 0 Å². The van der Waals surface area contributed by atoms with E-state index < -0.39 is 0 Å². The van der Waals surface area contributed by atoms with E-state index in [1.165, 1.54) is 4.88 Å². The molecule has 1 fully saturated rings. The van der Waals surface area contributed by atoms with Crippen molar-refractivity contribution < 1.29 is 14.3 Å². The van der Waals surface area contributed by atoms with E-state index in [4.69, 9.17) is 16.3 Å². The van der Waals surface area contributed by atoms with Gasteiger partial charge in [-0.15, -0.1) is 11.3 Å². The van der Waals surface area contributed by atoms with Crippen LogP contribution in [0.3, 0.4) is 0 Å². The topological polar surface area (TPSA) is 58.6 Å². The van der Waals surface area contributed by atoms with Gasteiger partial charge in [-0.2, -0.15) is 0 Å². The number of thiophene rings is 1. The number of nitrogens with one attached hydrogen (secondary N) is 1. The molecular weight excluding hydrogens is 396 g/mol. The predicted octanol–water partition coefficient (Wildman–Crippen LogP) is 3.79. The summed E-state index contributed by atoms with van der Waals surface area (Å²) in [6.45, 7) is 1.52. The Morgan fingerprint density at radius 3 is 3.00 bits per heavy atom. The molecule has 2 aromatic rings. The van der Waals surface area contributed by atoms with Gasteiger partial charge in [-0.25, -0.2) is 0 Å². The summed E-state index contributed by atoms with van der Waals surface area (Å²) in [4.78, 5) is 27.9. The van der Waals surface area contributed by atoms with Gasteiger partial charge < -0.3 is 15.0 Å². The van der Waals surface area contributed by atoms with Crippen LogP contribution in [0.1, 0.15) is 36.1 Å². The summed E-state index contributed by atoms with van der Waals surface area (Å²) in [6, 6.07) is 9.63. The van der Waals surface area contributed by atoms with Crippen LogP contribution in [0.15, 0.2) is 35.7 Å². The fourth-order valence-electron chi connectivity index (χ4n) is 4.01. The molecule has 4 rings (SSSR count). The average Bonchev–Trinajstić information content (AvgIpc) is 3.25. The number of hydrogen-bond donors (Lipinski definition) is 1. The van der Waals surface area contributed by atoms with E-state index in [2.05, 4.69) is 11.4 Å². The Morgan fingerprint density at radius 1 is 1.36 bits per heavy atom. The van der Waals surface area contributed by atoms with Crippen molar-refractivity contribution in [2.45, 2.75) is 44.2 Å². The lowest BCUT2D eigenvalue weighted by Crippen LogP contribution is -2.44. The molecule has 0 radical (unpaired) electrons. The molecule has 0 spiro atoms. The summed E-state index contributed by atoms with van der Waals surface area (Å²) in [5, 5.41) is 5.84. The maximum Gasteiger partial charge on any atom is 0.223 e. The molecule has 1 N–H and O–H groups in total. The maximum absolute atomic E-state index is 13.0. The van der Waals surface area contributed by atoms with Crippen molar-refractivity contribution in [3.8, 4) is 5.75 Å². The van der Waals surface area contributed by atoms with Crippen LogP contribution < -0.4 is 10.1 Å². The van der Waals surface area contributed by atoms with Gasteiger partial charge in [0.25, 0.3) is 0 Å². The molecule has 7 heteroatoms. The molecule has 148 valence electrons. The highest BCUT2D eigenvalue weighted by molar-refractivity contribution is 7.09. The van der Waals surface area contributed by atoms with Gasteiger partial charge in [0.1, 0.15) is 12.4 Å². The molecule has 1 aromatic heterocycles. The number of carbonyl (C=O) groups excluding carboxylic acids is 2. The third-order valence-corrected chi connectivity index (χ3v) is 6.61. The van der Waals surface area contributed by atoms with Gasteiger partial charge in [-0.3, -0.25) is 9.59 Å². The zero-order valence-corrected chi connectivity index (χ0v) is 17.2. The highest BCUT2D eigenvalue weighted by Crippen LogP contribution is 2.32. The highest BCUT2D eigenvalue weighted by Gasteiger charge is 2.38. The van der Waals surface area contributed by atoms with E-state index in [0.29, 0.717) is 44.0 Å². The smallest absolute Gasteiger partial charge is 0.223 e. The largest absolute Gasteiger partial charge is 0.491 e. The summed E-state index contributed by atoms with van der Waals surface area (Å²) in [7, 11) is 0. The Morgan fingerprint density at radius 2 is 2.25 bits per heavy atom. The Hall–Kier alpha value is -2.05. The van der Waals surface area contributed by atoms with Gasteiger partial charge in [-0.05, 0) is 42.5 Å². The van der Waals surface area contributed by atoms with E-state index in [1.807, 2.05) is 28.5 Å². The second-order valence-corrected chi connectivity index (χ2v) is 8.97. The molecule has 2 aliphatic heterocycles. The molecule has 28 heavy (non-hydrogen) atoms. The summed E-state index contributed by atoms with van der Waals surface area (Å²) in [6.07, 6.45) is 3.14. The number of halogens is 1. The number of hydrogen-bond acceptors (Lipinski definition) is 4. The SMILES string of the molecule is O=C1CCC(CCC(=O)N2CCOc3ccc(Cl)cc3C2)(Cc2cccs2)N1. The number of amides is 2.